The summed E-state index contributed by atoms with van der Waals surface area (Å²) in [5, 5.41) is 3.89. The van der Waals surface area contributed by atoms with Gasteiger partial charge in [-0.3, -0.25) is 4.21 Å². The fourth-order valence-electron chi connectivity index (χ4n) is 2.29. The first-order valence-corrected chi connectivity index (χ1v) is 10.2. The van der Waals surface area contributed by atoms with Crippen LogP contribution in [0.1, 0.15) is 21.8 Å². The number of benzene rings is 2. The lowest BCUT2D eigenvalue weighted by molar-refractivity contribution is 0.0429. The molecule has 0 aliphatic carbocycles. The maximum Gasteiger partial charge on any atom is 0.338 e. The third kappa shape index (κ3) is 4.86. The molecule has 0 radical (unpaired) electrons. The van der Waals surface area contributed by atoms with Crippen molar-refractivity contribution in [1.82, 2.24) is 10.1 Å². The van der Waals surface area contributed by atoms with Crippen LogP contribution in [0.2, 0.25) is 0 Å². The number of carbonyl (C=O) groups is 1. The molecule has 0 bridgehead atoms. The molecule has 6 nitrogen and oxygen atoms in total. The molecule has 8 heteroatoms. The van der Waals surface area contributed by atoms with Crippen LogP contribution in [-0.4, -0.2) is 26.6 Å². The maximum atomic E-state index is 12.2. The summed E-state index contributed by atoms with van der Waals surface area (Å²) in [4.78, 5) is 16.4. The second kappa shape index (κ2) is 8.37. The zero-order chi connectivity index (χ0) is 18.5. The molecule has 1 unspecified atom stereocenters. The van der Waals surface area contributed by atoms with Crippen molar-refractivity contribution in [3.05, 3.63) is 70.0 Å². The second-order valence-electron chi connectivity index (χ2n) is 5.52. The lowest BCUT2D eigenvalue weighted by Crippen LogP contribution is -2.06. The van der Waals surface area contributed by atoms with E-state index in [1.807, 2.05) is 30.3 Å². The topological polar surface area (TPSA) is 82.3 Å². The Kier molecular flexibility index (Phi) is 5.95. The van der Waals surface area contributed by atoms with E-state index in [4.69, 9.17) is 9.26 Å². The fraction of sp³-hybridized carbons (Fsp3) is 0.167. The van der Waals surface area contributed by atoms with Gasteiger partial charge in [0.15, 0.2) is 6.61 Å². The van der Waals surface area contributed by atoms with E-state index in [-0.39, 0.29) is 12.5 Å². The van der Waals surface area contributed by atoms with E-state index in [0.29, 0.717) is 17.1 Å². The van der Waals surface area contributed by atoms with Gasteiger partial charge in [0.05, 0.1) is 5.56 Å². The van der Waals surface area contributed by atoms with E-state index in [1.165, 1.54) is 0 Å². The van der Waals surface area contributed by atoms with Crippen molar-refractivity contribution in [3.63, 3.8) is 0 Å². The van der Waals surface area contributed by atoms with Crippen molar-refractivity contribution in [2.75, 3.05) is 6.26 Å². The van der Waals surface area contributed by atoms with E-state index in [9.17, 15) is 9.00 Å². The average Bonchev–Trinajstić information content (AvgIpc) is 3.08. The van der Waals surface area contributed by atoms with Gasteiger partial charge in [0, 0.05) is 32.8 Å². The minimum absolute atomic E-state index is 0.121. The van der Waals surface area contributed by atoms with Crippen molar-refractivity contribution < 1.29 is 18.3 Å². The van der Waals surface area contributed by atoms with Crippen LogP contribution < -0.4 is 0 Å². The summed E-state index contributed by atoms with van der Waals surface area (Å²) >= 11 is 3.39. The van der Waals surface area contributed by atoms with Gasteiger partial charge in [-0.1, -0.05) is 45.4 Å². The molecule has 3 aromatic rings. The Morgan fingerprint density at radius 1 is 1.23 bits per heavy atom. The zero-order valence-corrected chi connectivity index (χ0v) is 16.2. The molecule has 0 fully saturated rings. The Hall–Kier alpha value is -2.32. The number of rotatable bonds is 6. The first-order valence-electron chi connectivity index (χ1n) is 7.66. The molecule has 0 aliphatic rings. The number of esters is 1. The average molecular weight is 435 g/mol. The number of aromatic nitrogens is 2. The zero-order valence-electron chi connectivity index (χ0n) is 13.8. The normalized spacial score (nSPS) is 11.9. The highest BCUT2D eigenvalue weighted by Crippen LogP contribution is 2.20. The predicted octanol–water partition coefficient (Wildman–Crippen LogP) is 3.73. The SMILES string of the molecule is CS(=O)Cc1cccc(C(=O)OCc2nc(-c3cccc(Br)c3)no2)c1. The number of halogens is 1. The van der Waals surface area contributed by atoms with Gasteiger partial charge in [-0.25, -0.2) is 4.79 Å². The minimum atomic E-state index is -0.977. The Morgan fingerprint density at radius 3 is 2.81 bits per heavy atom. The first-order chi connectivity index (χ1) is 12.5. The van der Waals surface area contributed by atoms with E-state index in [2.05, 4.69) is 26.1 Å². The molecule has 0 amide bonds. The van der Waals surface area contributed by atoms with Crippen LogP contribution in [0, 0.1) is 0 Å². The van der Waals surface area contributed by atoms with Crippen LogP contribution in [0.4, 0.5) is 0 Å². The molecular formula is C18H15BrN2O4S. The molecule has 0 aliphatic heterocycles. The van der Waals surface area contributed by atoms with Crippen molar-refractivity contribution in [3.8, 4) is 11.4 Å². The number of hydrogen-bond acceptors (Lipinski definition) is 6. The summed E-state index contributed by atoms with van der Waals surface area (Å²) in [7, 11) is -0.977. The van der Waals surface area contributed by atoms with Crippen LogP contribution in [0.5, 0.6) is 0 Å². The molecule has 1 aromatic heterocycles. The largest absolute Gasteiger partial charge is 0.452 e. The quantitative estimate of drug-likeness (QED) is 0.549. The summed E-state index contributed by atoms with van der Waals surface area (Å²) in [6.07, 6.45) is 1.61. The van der Waals surface area contributed by atoms with Crippen LogP contribution in [0.25, 0.3) is 11.4 Å². The maximum absolute atomic E-state index is 12.2. The fourth-order valence-corrected chi connectivity index (χ4v) is 3.34. The van der Waals surface area contributed by atoms with Gasteiger partial charge in [-0.15, -0.1) is 0 Å². The Morgan fingerprint density at radius 2 is 2.04 bits per heavy atom. The molecular weight excluding hydrogens is 420 g/mol. The number of ether oxygens (including phenoxy) is 1. The van der Waals surface area contributed by atoms with Gasteiger partial charge in [-0.05, 0) is 29.8 Å². The lowest BCUT2D eigenvalue weighted by Gasteiger charge is -2.04. The molecule has 1 atom stereocenters. The van der Waals surface area contributed by atoms with E-state index in [0.717, 1.165) is 15.6 Å². The van der Waals surface area contributed by atoms with Crippen molar-refractivity contribution >= 4 is 32.7 Å². The third-order valence-electron chi connectivity index (χ3n) is 3.41. The van der Waals surface area contributed by atoms with E-state index >= 15 is 0 Å². The summed E-state index contributed by atoms with van der Waals surface area (Å²) in [5.41, 5.74) is 2.00. The molecule has 1 heterocycles. The highest BCUT2D eigenvalue weighted by Gasteiger charge is 2.13. The predicted molar refractivity (Wildman–Crippen MR) is 101 cm³/mol. The van der Waals surface area contributed by atoms with Gasteiger partial charge in [0.25, 0.3) is 5.89 Å². The van der Waals surface area contributed by atoms with Crippen LogP contribution >= 0.6 is 15.9 Å². The Balaban J connectivity index is 1.64. The van der Waals surface area contributed by atoms with Gasteiger partial charge in [0.2, 0.25) is 5.82 Å². The Labute approximate surface area is 161 Å². The molecule has 0 saturated heterocycles. The number of nitrogens with zero attached hydrogens (tertiary/aromatic N) is 2. The summed E-state index contributed by atoms with van der Waals surface area (Å²) in [6.45, 7) is -0.121. The lowest BCUT2D eigenvalue weighted by atomic mass is 10.1. The third-order valence-corrected chi connectivity index (χ3v) is 4.64. The smallest absolute Gasteiger partial charge is 0.338 e. The van der Waals surface area contributed by atoms with Crippen molar-refractivity contribution in [2.24, 2.45) is 0 Å². The summed E-state index contributed by atoms with van der Waals surface area (Å²) in [6, 6.07) is 14.4. The number of carbonyl (C=O) groups excluding carboxylic acids is 1. The van der Waals surface area contributed by atoms with Gasteiger partial charge in [-0.2, -0.15) is 4.98 Å². The minimum Gasteiger partial charge on any atom is -0.452 e. The van der Waals surface area contributed by atoms with Crippen LogP contribution in [-0.2, 0) is 27.9 Å². The van der Waals surface area contributed by atoms with Crippen molar-refractivity contribution in [2.45, 2.75) is 12.4 Å². The van der Waals surface area contributed by atoms with Crippen molar-refractivity contribution in [1.29, 1.82) is 0 Å². The molecule has 134 valence electrons. The monoisotopic (exact) mass is 434 g/mol. The van der Waals surface area contributed by atoms with E-state index in [1.54, 1.807) is 24.5 Å². The molecule has 26 heavy (non-hydrogen) atoms. The standard InChI is InChI=1S/C18H15BrN2O4S/c1-26(23)11-12-4-2-6-14(8-12)18(22)24-10-16-20-17(21-25-16)13-5-3-7-15(19)9-13/h2-9H,10-11H2,1H3. The van der Waals surface area contributed by atoms with E-state index < -0.39 is 16.8 Å². The van der Waals surface area contributed by atoms with Crippen LogP contribution in [0.3, 0.4) is 0 Å². The second-order valence-corrected chi connectivity index (χ2v) is 7.87. The molecule has 0 N–H and O–H groups in total. The number of hydrogen-bond donors (Lipinski definition) is 0. The molecule has 3 rings (SSSR count). The summed E-state index contributed by atoms with van der Waals surface area (Å²) < 4.78 is 22.6. The molecule has 0 spiro atoms. The van der Waals surface area contributed by atoms with Gasteiger partial charge >= 0.3 is 5.97 Å². The van der Waals surface area contributed by atoms with Gasteiger partial charge in [0.1, 0.15) is 0 Å². The molecule has 2 aromatic carbocycles. The highest BCUT2D eigenvalue weighted by atomic mass is 79.9. The highest BCUT2D eigenvalue weighted by molar-refractivity contribution is 9.10. The van der Waals surface area contributed by atoms with Gasteiger partial charge < -0.3 is 9.26 Å². The summed E-state index contributed by atoms with van der Waals surface area (Å²) in [5.74, 6) is 0.515. The molecule has 0 saturated carbocycles. The van der Waals surface area contributed by atoms with Crippen LogP contribution in [0.15, 0.2) is 57.5 Å². The Bertz CT molecular complexity index is 958. The first kappa shape index (κ1) is 18.5.